The second kappa shape index (κ2) is 7.90. The van der Waals surface area contributed by atoms with E-state index in [1.165, 1.54) is 6.08 Å². The van der Waals surface area contributed by atoms with E-state index in [1.54, 1.807) is 16.8 Å². The van der Waals surface area contributed by atoms with Crippen LogP contribution in [0.25, 0.3) is 5.52 Å². The number of rotatable bonds is 4. The summed E-state index contributed by atoms with van der Waals surface area (Å²) in [6.07, 6.45) is -1.60. The van der Waals surface area contributed by atoms with Gasteiger partial charge in [-0.25, -0.2) is 4.52 Å². The van der Waals surface area contributed by atoms with Gasteiger partial charge < -0.3 is 15.5 Å². The molecule has 1 aliphatic rings. The minimum atomic E-state index is -4.36. The van der Waals surface area contributed by atoms with Gasteiger partial charge in [-0.3, -0.25) is 0 Å². The molecule has 0 saturated carbocycles. The van der Waals surface area contributed by atoms with Crippen LogP contribution in [0.15, 0.2) is 39.1 Å². The molecule has 160 valence electrons. The van der Waals surface area contributed by atoms with E-state index in [9.17, 15) is 13.2 Å². The number of allylic oxidation sites excluding steroid dienone is 1. The quantitative estimate of drug-likeness (QED) is 0.468. The third kappa shape index (κ3) is 3.83. The summed E-state index contributed by atoms with van der Waals surface area (Å²) in [5.74, 6) is 0.904. The molecule has 0 bridgehead atoms. The predicted molar refractivity (Wildman–Crippen MR) is 111 cm³/mol. The first-order chi connectivity index (χ1) is 14.2. The summed E-state index contributed by atoms with van der Waals surface area (Å²) >= 11 is 9.66. The lowest BCUT2D eigenvalue weighted by molar-refractivity contribution is -0.0957. The van der Waals surface area contributed by atoms with Crippen LogP contribution in [0.4, 0.5) is 19.0 Å². The highest BCUT2D eigenvalue weighted by atomic mass is 79.9. The SMILES string of the molecule is Cc1c([C@H]2CC=C(C(F)(F)F)C[C@@H]2N)c(Br)n2nc(Cl)nc(NCc3ccco3)c12. The van der Waals surface area contributed by atoms with Gasteiger partial charge in [-0.1, -0.05) is 6.08 Å². The fraction of sp³-hybridized carbons (Fsp3) is 0.368. The van der Waals surface area contributed by atoms with Gasteiger partial charge in [0.25, 0.3) is 0 Å². The first kappa shape index (κ1) is 21.2. The lowest BCUT2D eigenvalue weighted by Crippen LogP contribution is -2.34. The van der Waals surface area contributed by atoms with Crippen molar-refractivity contribution in [3.05, 3.63) is 56.8 Å². The molecule has 3 N–H and O–H groups in total. The molecule has 6 nitrogen and oxygen atoms in total. The van der Waals surface area contributed by atoms with E-state index < -0.39 is 17.8 Å². The second-order valence-corrected chi connectivity index (χ2v) is 8.28. The predicted octanol–water partition coefficient (Wildman–Crippen LogP) is 5.35. The Bertz CT molecular complexity index is 1110. The summed E-state index contributed by atoms with van der Waals surface area (Å²) in [4.78, 5) is 4.29. The van der Waals surface area contributed by atoms with E-state index in [2.05, 4.69) is 31.3 Å². The molecule has 0 saturated heterocycles. The van der Waals surface area contributed by atoms with Gasteiger partial charge in [0, 0.05) is 17.5 Å². The average Bonchev–Trinajstić information content (AvgIpc) is 3.27. The Morgan fingerprint density at radius 2 is 2.20 bits per heavy atom. The van der Waals surface area contributed by atoms with Gasteiger partial charge in [-0.2, -0.15) is 18.2 Å². The van der Waals surface area contributed by atoms with Crippen molar-refractivity contribution >= 4 is 38.9 Å². The van der Waals surface area contributed by atoms with Crippen LogP contribution in [0, 0.1) is 6.92 Å². The fourth-order valence-electron chi connectivity index (χ4n) is 3.90. The summed E-state index contributed by atoms with van der Waals surface area (Å²) in [6.45, 7) is 2.26. The number of alkyl halides is 3. The maximum atomic E-state index is 13.1. The number of fused-ring (bicyclic) bond motifs is 1. The topological polar surface area (TPSA) is 81.4 Å². The molecule has 3 aromatic rings. The molecule has 11 heteroatoms. The molecule has 0 radical (unpaired) electrons. The summed E-state index contributed by atoms with van der Waals surface area (Å²) in [6, 6.07) is 2.93. The highest BCUT2D eigenvalue weighted by Gasteiger charge is 2.39. The van der Waals surface area contributed by atoms with Crippen LogP contribution in [0.5, 0.6) is 0 Å². The van der Waals surface area contributed by atoms with Crippen molar-refractivity contribution < 1.29 is 17.6 Å². The van der Waals surface area contributed by atoms with Gasteiger partial charge in [0.2, 0.25) is 5.28 Å². The maximum Gasteiger partial charge on any atom is 0.412 e. The van der Waals surface area contributed by atoms with E-state index in [0.717, 1.165) is 11.1 Å². The van der Waals surface area contributed by atoms with Gasteiger partial charge in [-0.15, -0.1) is 5.10 Å². The third-order valence-electron chi connectivity index (χ3n) is 5.33. The van der Waals surface area contributed by atoms with Crippen LogP contribution in [-0.4, -0.2) is 26.8 Å². The molecular weight excluding hydrogens is 487 g/mol. The standard InChI is InChI=1S/C19H18BrClF3N5O/c1-9-14(12-5-4-10(7-13(12)25)19(22,23)24)16(20)29-15(9)17(27-18(21)28-29)26-8-11-3-2-6-30-11/h2-4,6,12-13H,5,7-8,25H2,1H3,(H,26,27,28)/t12-,13-/m0/s1. The van der Waals surface area contributed by atoms with Gasteiger partial charge >= 0.3 is 6.18 Å². The molecule has 0 aliphatic heterocycles. The van der Waals surface area contributed by atoms with Crippen LogP contribution in [-0.2, 0) is 6.54 Å². The lowest BCUT2D eigenvalue weighted by Gasteiger charge is -2.30. The molecular formula is C19H18BrClF3N5O. The average molecular weight is 505 g/mol. The Morgan fingerprint density at radius 1 is 1.43 bits per heavy atom. The summed E-state index contributed by atoms with van der Waals surface area (Å²) in [7, 11) is 0. The van der Waals surface area contributed by atoms with Crippen LogP contribution in [0.1, 0.15) is 35.6 Å². The van der Waals surface area contributed by atoms with Gasteiger partial charge in [0.05, 0.1) is 12.8 Å². The number of aromatic nitrogens is 3. The van der Waals surface area contributed by atoms with E-state index >= 15 is 0 Å². The Kier molecular flexibility index (Phi) is 5.58. The Morgan fingerprint density at radius 3 is 2.83 bits per heavy atom. The number of hydrogen-bond acceptors (Lipinski definition) is 5. The summed E-state index contributed by atoms with van der Waals surface area (Å²) < 4.78 is 46.8. The van der Waals surface area contributed by atoms with Crippen LogP contribution in [0.2, 0.25) is 5.28 Å². The highest BCUT2D eigenvalue weighted by Crippen LogP contribution is 2.43. The Hall–Kier alpha value is -2.04. The Labute approximate surface area is 183 Å². The number of aryl methyl sites for hydroxylation is 1. The minimum absolute atomic E-state index is 0.0268. The molecule has 3 heterocycles. The molecule has 0 amide bonds. The monoisotopic (exact) mass is 503 g/mol. The number of hydrogen-bond donors (Lipinski definition) is 2. The van der Waals surface area contributed by atoms with Crippen LogP contribution >= 0.6 is 27.5 Å². The van der Waals surface area contributed by atoms with Crippen LogP contribution < -0.4 is 11.1 Å². The zero-order valence-corrected chi connectivity index (χ0v) is 18.1. The Balaban J connectivity index is 1.75. The van der Waals surface area contributed by atoms with Crippen molar-refractivity contribution in [1.29, 1.82) is 0 Å². The number of anilines is 1. The minimum Gasteiger partial charge on any atom is -0.467 e. The first-order valence-electron chi connectivity index (χ1n) is 9.19. The molecule has 0 aromatic carbocycles. The zero-order valence-electron chi connectivity index (χ0n) is 15.8. The molecule has 0 unspecified atom stereocenters. The van der Waals surface area contributed by atoms with Crippen molar-refractivity contribution in [2.45, 2.75) is 44.4 Å². The van der Waals surface area contributed by atoms with Crippen molar-refractivity contribution in [2.75, 3.05) is 5.32 Å². The van der Waals surface area contributed by atoms with Crippen molar-refractivity contribution in [1.82, 2.24) is 14.6 Å². The lowest BCUT2D eigenvalue weighted by atomic mass is 9.80. The number of nitrogens with two attached hydrogens (primary N) is 1. The van der Waals surface area contributed by atoms with Gasteiger partial charge in [0.1, 0.15) is 15.9 Å². The third-order valence-corrected chi connectivity index (χ3v) is 6.25. The van der Waals surface area contributed by atoms with Crippen molar-refractivity contribution in [3.8, 4) is 0 Å². The summed E-state index contributed by atoms with van der Waals surface area (Å²) in [5, 5.41) is 7.48. The molecule has 1 aliphatic carbocycles. The largest absolute Gasteiger partial charge is 0.467 e. The van der Waals surface area contributed by atoms with Gasteiger partial charge in [-0.05, 0) is 70.6 Å². The molecule has 4 rings (SSSR count). The number of furan rings is 1. The highest BCUT2D eigenvalue weighted by molar-refractivity contribution is 9.10. The zero-order chi connectivity index (χ0) is 21.6. The molecule has 2 atom stereocenters. The first-order valence-corrected chi connectivity index (χ1v) is 10.4. The fourth-order valence-corrected chi connectivity index (χ4v) is 4.91. The van der Waals surface area contributed by atoms with E-state index in [-0.39, 0.29) is 24.0 Å². The van der Waals surface area contributed by atoms with E-state index in [1.807, 2.05) is 13.0 Å². The molecule has 3 aromatic heterocycles. The number of nitrogens with zero attached hydrogens (tertiary/aromatic N) is 3. The summed E-state index contributed by atoms with van der Waals surface area (Å²) in [5.41, 5.74) is 7.91. The number of nitrogens with one attached hydrogen (secondary N) is 1. The maximum absolute atomic E-state index is 13.1. The van der Waals surface area contributed by atoms with Crippen LogP contribution in [0.3, 0.4) is 0 Å². The normalized spacial score (nSPS) is 19.9. The van der Waals surface area contributed by atoms with Gasteiger partial charge in [0.15, 0.2) is 5.82 Å². The molecule has 30 heavy (non-hydrogen) atoms. The molecule has 0 fully saturated rings. The smallest absolute Gasteiger partial charge is 0.412 e. The van der Waals surface area contributed by atoms with E-state index in [0.29, 0.717) is 28.2 Å². The molecule has 0 spiro atoms. The second-order valence-electron chi connectivity index (χ2n) is 7.19. The van der Waals surface area contributed by atoms with Crippen molar-refractivity contribution in [2.24, 2.45) is 5.73 Å². The van der Waals surface area contributed by atoms with Crippen molar-refractivity contribution in [3.63, 3.8) is 0 Å². The number of halogens is 5. The van der Waals surface area contributed by atoms with E-state index in [4.69, 9.17) is 21.8 Å².